The number of thioether (sulfide) groups is 1. The van der Waals surface area contributed by atoms with Crippen molar-refractivity contribution in [1.82, 2.24) is 25.1 Å². The van der Waals surface area contributed by atoms with Gasteiger partial charge in [-0.25, -0.2) is 4.98 Å². The maximum Gasteiger partial charge on any atom is 0.273 e. The Morgan fingerprint density at radius 1 is 1.05 bits per heavy atom. The van der Waals surface area contributed by atoms with Crippen LogP contribution in [0, 0.1) is 6.92 Å². The summed E-state index contributed by atoms with van der Waals surface area (Å²) in [5.74, 6) is 2.99. The van der Waals surface area contributed by atoms with Crippen LogP contribution < -0.4 is 14.8 Å². The minimum absolute atomic E-state index is 0.202. The van der Waals surface area contributed by atoms with Crippen LogP contribution in [0.3, 0.4) is 0 Å². The molecule has 5 aromatic rings. The van der Waals surface area contributed by atoms with E-state index in [0.717, 1.165) is 16.8 Å². The molecule has 0 atom stereocenters. The molecule has 0 fully saturated rings. The number of nitrogens with one attached hydrogen (secondary N) is 1. The van der Waals surface area contributed by atoms with E-state index in [1.807, 2.05) is 66.1 Å². The van der Waals surface area contributed by atoms with Gasteiger partial charge in [0.05, 0.1) is 17.7 Å². The van der Waals surface area contributed by atoms with Crippen LogP contribution in [0.15, 0.2) is 81.1 Å². The highest BCUT2D eigenvalue weighted by Gasteiger charge is 2.20. The van der Waals surface area contributed by atoms with Crippen molar-refractivity contribution >= 4 is 17.7 Å². The lowest BCUT2D eigenvalue weighted by molar-refractivity contribution is 0.0945. The molecule has 1 amide bonds. The van der Waals surface area contributed by atoms with Gasteiger partial charge >= 0.3 is 0 Å². The molecule has 10 nitrogen and oxygen atoms in total. The van der Waals surface area contributed by atoms with Gasteiger partial charge in [0, 0.05) is 6.54 Å². The van der Waals surface area contributed by atoms with Gasteiger partial charge in [0.1, 0.15) is 6.26 Å². The first-order valence-electron chi connectivity index (χ1n) is 11.4. The number of amides is 1. The summed E-state index contributed by atoms with van der Waals surface area (Å²) in [4.78, 5) is 17.0. The summed E-state index contributed by atoms with van der Waals surface area (Å²) in [6, 6.07) is 17.2. The summed E-state index contributed by atoms with van der Waals surface area (Å²) >= 11 is 1.40. The van der Waals surface area contributed by atoms with Gasteiger partial charge in [-0.15, -0.1) is 10.2 Å². The van der Waals surface area contributed by atoms with Crippen LogP contribution in [0.5, 0.6) is 11.5 Å². The van der Waals surface area contributed by atoms with E-state index < -0.39 is 0 Å². The second-order valence-electron chi connectivity index (χ2n) is 8.24. The van der Waals surface area contributed by atoms with Crippen molar-refractivity contribution in [2.24, 2.45) is 0 Å². The SMILES string of the molecule is Cc1cccc(-n2c(SCc3nc(C(=O)NCc4ccc5c(c4)OCO5)co3)nnc2-c2ccco2)c1. The number of rotatable bonds is 8. The number of aryl methyl sites for hydroxylation is 1. The fourth-order valence-electron chi connectivity index (χ4n) is 3.86. The van der Waals surface area contributed by atoms with Gasteiger partial charge in [0.2, 0.25) is 18.5 Å². The second-order valence-corrected chi connectivity index (χ2v) is 9.19. The monoisotopic (exact) mass is 515 g/mol. The highest BCUT2D eigenvalue weighted by Crippen LogP contribution is 2.33. The first-order chi connectivity index (χ1) is 18.1. The normalized spacial score (nSPS) is 12.1. The predicted molar refractivity (Wildman–Crippen MR) is 134 cm³/mol. The molecule has 0 bridgehead atoms. The Morgan fingerprint density at radius 3 is 2.84 bits per heavy atom. The third-order valence-electron chi connectivity index (χ3n) is 5.63. The van der Waals surface area contributed by atoms with Crippen LogP contribution in [-0.4, -0.2) is 32.4 Å². The zero-order chi connectivity index (χ0) is 25.2. The molecule has 11 heteroatoms. The van der Waals surface area contributed by atoms with Gasteiger partial charge in [-0.3, -0.25) is 9.36 Å². The van der Waals surface area contributed by atoms with E-state index >= 15 is 0 Å². The average Bonchev–Trinajstić information content (AvgIpc) is 3.72. The van der Waals surface area contributed by atoms with Gasteiger partial charge < -0.3 is 23.6 Å². The van der Waals surface area contributed by atoms with E-state index in [-0.39, 0.29) is 18.4 Å². The fraction of sp³-hybridized carbons (Fsp3) is 0.154. The smallest absolute Gasteiger partial charge is 0.273 e. The van der Waals surface area contributed by atoms with Gasteiger partial charge in [-0.1, -0.05) is 30.0 Å². The number of carbonyl (C=O) groups is 1. The Bertz CT molecular complexity index is 1560. The summed E-state index contributed by atoms with van der Waals surface area (Å²) < 4.78 is 23.8. The number of furan rings is 1. The number of carbonyl (C=O) groups excluding carboxylic acids is 1. The lowest BCUT2D eigenvalue weighted by Crippen LogP contribution is -2.23. The highest BCUT2D eigenvalue weighted by molar-refractivity contribution is 7.98. The highest BCUT2D eigenvalue weighted by atomic mass is 32.2. The molecule has 0 spiro atoms. The molecular weight excluding hydrogens is 494 g/mol. The minimum Gasteiger partial charge on any atom is -0.461 e. The van der Waals surface area contributed by atoms with E-state index in [9.17, 15) is 4.79 Å². The lowest BCUT2D eigenvalue weighted by atomic mass is 10.2. The molecule has 37 heavy (non-hydrogen) atoms. The van der Waals surface area contributed by atoms with E-state index in [4.69, 9.17) is 18.3 Å². The summed E-state index contributed by atoms with van der Waals surface area (Å²) in [5, 5.41) is 12.2. The first kappa shape index (κ1) is 22.9. The molecule has 1 aliphatic heterocycles. The van der Waals surface area contributed by atoms with Gasteiger partial charge in [-0.05, 0) is 54.4 Å². The van der Waals surface area contributed by atoms with E-state index in [1.165, 1.54) is 18.0 Å². The third-order valence-corrected chi connectivity index (χ3v) is 6.55. The lowest BCUT2D eigenvalue weighted by Gasteiger charge is -2.09. The summed E-state index contributed by atoms with van der Waals surface area (Å²) in [5.41, 5.74) is 3.11. The summed E-state index contributed by atoms with van der Waals surface area (Å²) in [7, 11) is 0. The molecule has 1 aliphatic rings. The van der Waals surface area contributed by atoms with Crippen molar-refractivity contribution in [2.75, 3.05) is 6.79 Å². The van der Waals surface area contributed by atoms with Crippen LogP contribution in [0.4, 0.5) is 0 Å². The molecule has 0 saturated carbocycles. The maximum atomic E-state index is 12.6. The van der Waals surface area contributed by atoms with Crippen LogP contribution in [0.1, 0.15) is 27.5 Å². The van der Waals surface area contributed by atoms with Crippen LogP contribution >= 0.6 is 11.8 Å². The first-order valence-corrected chi connectivity index (χ1v) is 12.4. The van der Waals surface area contributed by atoms with Crippen LogP contribution in [-0.2, 0) is 12.3 Å². The van der Waals surface area contributed by atoms with Crippen molar-refractivity contribution < 1.29 is 23.1 Å². The molecule has 0 saturated heterocycles. The Morgan fingerprint density at radius 2 is 1.97 bits per heavy atom. The largest absolute Gasteiger partial charge is 0.461 e. The number of fused-ring (bicyclic) bond motifs is 1. The molecule has 3 aromatic heterocycles. The van der Waals surface area contributed by atoms with Crippen molar-refractivity contribution in [3.05, 3.63) is 89.8 Å². The quantitative estimate of drug-likeness (QED) is 0.291. The number of oxazole rings is 1. The number of hydrogen-bond donors (Lipinski definition) is 1. The average molecular weight is 516 g/mol. The predicted octanol–water partition coefficient (Wildman–Crippen LogP) is 4.77. The molecule has 0 aliphatic carbocycles. The second kappa shape index (κ2) is 9.86. The Hall–Kier alpha value is -4.51. The molecule has 2 aromatic carbocycles. The molecule has 4 heterocycles. The third kappa shape index (κ3) is 4.81. The molecule has 186 valence electrons. The number of ether oxygens (including phenoxy) is 2. The van der Waals surface area contributed by atoms with Crippen LogP contribution in [0.2, 0.25) is 0 Å². The summed E-state index contributed by atoms with van der Waals surface area (Å²) in [6.07, 6.45) is 2.95. The Labute approximate surface area is 215 Å². The number of benzene rings is 2. The maximum absolute atomic E-state index is 12.6. The molecule has 0 radical (unpaired) electrons. The van der Waals surface area contributed by atoms with Crippen molar-refractivity contribution in [2.45, 2.75) is 24.4 Å². The van der Waals surface area contributed by atoms with Gasteiger partial charge in [0.25, 0.3) is 5.91 Å². The molecular formula is C26H21N5O5S. The standard InChI is InChI=1S/C26H21N5O5S/c1-16-4-2-5-18(10-16)31-24(21-6-3-9-33-21)29-30-26(31)37-14-23-28-19(13-34-23)25(32)27-12-17-7-8-20-22(11-17)36-15-35-20/h2-11,13H,12,14-15H2,1H3,(H,27,32). The molecule has 6 rings (SSSR count). The van der Waals surface area contributed by atoms with Crippen molar-refractivity contribution in [3.8, 4) is 28.8 Å². The minimum atomic E-state index is -0.333. The van der Waals surface area contributed by atoms with Gasteiger partial charge in [-0.2, -0.15) is 0 Å². The van der Waals surface area contributed by atoms with E-state index in [1.54, 1.807) is 6.26 Å². The Balaban J connectivity index is 1.14. The zero-order valence-corrected chi connectivity index (χ0v) is 20.5. The number of nitrogens with zero attached hydrogens (tertiary/aromatic N) is 4. The summed E-state index contributed by atoms with van der Waals surface area (Å²) in [6.45, 7) is 2.55. The van der Waals surface area contributed by atoms with E-state index in [2.05, 4.69) is 20.5 Å². The Kier molecular flexibility index (Phi) is 6.11. The molecule has 1 N–H and O–H groups in total. The van der Waals surface area contributed by atoms with Crippen LogP contribution in [0.25, 0.3) is 17.3 Å². The number of hydrogen-bond acceptors (Lipinski definition) is 9. The van der Waals surface area contributed by atoms with Crippen molar-refractivity contribution in [3.63, 3.8) is 0 Å². The van der Waals surface area contributed by atoms with Gasteiger partial charge in [0.15, 0.2) is 28.1 Å². The zero-order valence-electron chi connectivity index (χ0n) is 19.7. The van der Waals surface area contributed by atoms with Crippen molar-refractivity contribution in [1.29, 1.82) is 0 Å². The van der Waals surface area contributed by atoms with E-state index in [0.29, 0.717) is 46.4 Å². The number of aromatic nitrogens is 4. The molecule has 0 unspecified atom stereocenters. The fourth-order valence-corrected chi connectivity index (χ4v) is 4.66. The topological polar surface area (TPSA) is 117 Å².